The van der Waals surface area contributed by atoms with Crippen LogP contribution < -0.4 is 10.1 Å². The first-order valence-electron chi connectivity index (χ1n) is 10.6. The van der Waals surface area contributed by atoms with Gasteiger partial charge in [-0.3, -0.25) is 9.78 Å². The summed E-state index contributed by atoms with van der Waals surface area (Å²) in [6, 6.07) is 6.18. The predicted octanol–water partition coefficient (Wildman–Crippen LogP) is 4.43. The van der Waals surface area contributed by atoms with Crippen LogP contribution in [0.1, 0.15) is 50.6 Å². The maximum Gasteiger partial charge on any atom is 0.252 e. The zero-order chi connectivity index (χ0) is 20.7. The van der Waals surface area contributed by atoms with E-state index in [1.165, 1.54) is 23.3 Å². The molecule has 2 aliphatic rings. The Morgan fingerprint density at radius 3 is 3.03 bits per heavy atom. The molecule has 5 rings (SSSR count). The Hall–Kier alpha value is -2.73. The molecule has 0 fully saturated rings. The highest BCUT2D eigenvalue weighted by molar-refractivity contribution is 7.10. The SMILES string of the molecule is Cc1cnc(C)c(-c2ccc3c(c2)C[C@@H](CNC(=O)c2csc4c2CCCC4)O3)n1. The lowest BCUT2D eigenvalue weighted by Crippen LogP contribution is -2.34. The second kappa shape index (κ2) is 7.84. The average Bonchev–Trinajstić information content (AvgIpc) is 3.37. The van der Waals surface area contributed by atoms with Crippen LogP contribution in [-0.2, 0) is 19.3 Å². The molecule has 0 saturated carbocycles. The van der Waals surface area contributed by atoms with Crippen LogP contribution in [-0.4, -0.2) is 28.5 Å². The molecule has 154 valence electrons. The van der Waals surface area contributed by atoms with Gasteiger partial charge < -0.3 is 10.1 Å². The zero-order valence-electron chi connectivity index (χ0n) is 17.3. The Labute approximate surface area is 180 Å². The highest BCUT2D eigenvalue weighted by atomic mass is 32.1. The molecule has 1 atom stereocenters. The van der Waals surface area contributed by atoms with E-state index in [1.807, 2.05) is 31.4 Å². The first-order chi connectivity index (χ1) is 14.6. The van der Waals surface area contributed by atoms with E-state index in [0.29, 0.717) is 6.54 Å². The van der Waals surface area contributed by atoms with E-state index in [9.17, 15) is 4.79 Å². The van der Waals surface area contributed by atoms with Crippen LogP contribution >= 0.6 is 11.3 Å². The number of benzene rings is 1. The van der Waals surface area contributed by atoms with Crippen LogP contribution in [0, 0.1) is 13.8 Å². The van der Waals surface area contributed by atoms with Gasteiger partial charge in [0.05, 0.1) is 29.2 Å². The number of hydrogen-bond donors (Lipinski definition) is 1. The summed E-state index contributed by atoms with van der Waals surface area (Å²) in [5.74, 6) is 0.921. The molecular formula is C24H25N3O2S. The Kier molecular flexibility index (Phi) is 5.03. The molecule has 0 saturated heterocycles. The molecule has 3 heterocycles. The zero-order valence-corrected chi connectivity index (χ0v) is 18.1. The Morgan fingerprint density at radius 2 is 2.13 bits per heavy atom. The highest BCUT2D eigenvalue weighted by Gasteiger charge is 2.26. The van der Waals surface area contributed by atoms with Crippen molar-refractivity contribution in [3.63, 3.8) is 0 Å². The van der Waals surface area contributed by atoms with Crippen molar-refractivity contribution in [1.29, 1.82) is 0 Å². The van der Waals surface area contributed by atoms with Crippen molar-refractivity contribution < 1.29 is 9.53 Å². The fraction of sp³-hybridized carbons (Fsp3) is 0.375. The van der Waals surface area contributed by atoms with Crippen LogP contribution in [0.4, 0.5) is 0 Å². The number of rotatable bonds is 4. The topological polar surface area (TPSA) is 64.1 Å². The molecule has 1 N–H and O–H groups in total. The van der Waals surface area contributed by atoms with Gasteiger partial charge in [-0.25, -0.2) is 4.98 Å². The number of amides is 1. The van der Waals surface area contributed by atoms with Gasteiger partial charge in [-0.15, -0.1) is 11.3 Å². The van der Waals surface area contributed by atoms with E-state index in [2.05, 4.69) is 21.4 Å². The molecule has 1 aromatic carbocycles. The molecule has 3 aromatic rings. The van der Waals surface area contributed by atoms with Gasteiger partial charge >= 0.3 is 0 Å². The van der Waals surface area contributed by atoms with Gasteiger partial charge in [0.25, 0.3) is 5.91 Å². The minimum Gasteiger partial charge on any atom is -0.488 e. The number of fused-ring (bicyclic) bond motifs is 2. The average molecular weight is 420 g/mol. The van der Waals surface area contributed by atoms with Gasteiger partial charge in [-0.05, 0) is 68.9 Å². The van der Waals surface area contributed by atoms with E-state index in [4.69, 9.17) is 4.74 Å². The standard InChI is InChI=1S/C24H25N3O2S/c1-14-11-25-15(2)23(27-14)16-7-8-21-17(9-16)10-18(29-21)12-26-24(28)20-13-30-22-6-4-3-5-19(20)22/h7-9,11,13,18H,3-6,10,12H2,1-2H3,(H,26,28)/t18-/m0/s1. The van der Waals surface area contributed by atoms with Crippen molar-refractivity contribution >= 4 is 17.2 Å². The van der Waals surface area contributed by atoms with Gasteiger partial charge in [0.15, 0.2) is 0 Å². The van der Waals surface area contributed by atoms with Gasteiger partial charge in [-0.2, -0.15) is 0 Å². The number of aryl methyl sites for hydroxylation is 3. The summed E-state index contributed by atoms with van der Waals surface area (Å²) < 4.78 is 6.08. The van der Waals surface area contributed by atoms with Crippen LogP contribution in [0.2, 0.25) is 0 Å². The van der Waals surface area contributed by atoms with Crippen LogP contribution in [0.5, 0.6) is 5.75 Å². The summed E-state index contributed by atoms with van der Waals surface area (Å²) in [5, 5.41) is 5.12. The minimum atomic E-state index is -0.0432. The molecular weight excluding hydrogens is 394 g/mol. The van der Waals surface area contributed by atoms with Crippen molar-refractivity contribution in [1.82, 2.24) is 15.3 Å². The third-order valence-electron chi connectivity index (χ3n) is 5.95. The monoisotopic (exact) mass is 419 g/mol. The molecule has 0 bridgehead atoms. The third-order valence-corrected chi connectivity index (χ3v) is 7.04. The van der Waals surface area contributed by atoms with E-state index in [0.717, 1.165) is 58.8 Å². The number of ether oxygens (including phenoxy) is 1. The van der Waals surface area contributed by atoms with E-state index in [1.54, 1.807) is 17.5 Å². The van der Waals surface area contributed by atoms with E-state index in [-0.39, 0.29) is 12.0 Å². The molecule has 5 nitrogen and oxygen atoms in total. The fourth-order valence-corrected chi connectivity index (χ4v) is 5.50. The van der Waals surface area contributed by atoms with Gasteiger partial charge in [-0.1, -0.05) is 0 Å². The maximum absolute atomic E-state index is 12.7. The number of nitrogens with zero attached hydrogens (tertiary/aromatic N) is 2. The lowest BCUT2D eigenvalue weighted by atomic mass is 9.95. The number of nitrogens with one attached hydrogen (secondary N) is 1. The largest absolute Gasteiger partial charge is 0.488 e. The van der Waals surface area contributed by atoms with E-state index >= 15 is 0 Å². The summed E-state index contributed by atoms with van der Waals surface area (Å²) in [6.45, 7) is 4.44. The number of thiophene rings is 1. The van der Waals surface area contributed by atoms with Crippen molar-refractivity contribution in [3.05, 3.63) is 62.7 Å². The quantitative estimate of drug-likeness (QED) is 0.679. The van der Waals surface area contributed by atoms with Gasteiger partial charge in [0.2, 0.25) is 0 Å². The van der Waals surface area contributed by atoms with Crippen molar-refractivity contribution in [2.24, 2.45) is 0 Å². The third kappa shape index (κ3) is 3.60. The molecule has 1 aliphatic heterocycles. The summed E-state index contributed by atoms with van der Waals surface area (Å²) in [7, 11) is 0. The van der Waals surface area contributed by atoms with Crippen molar-refractivity contribution in [2.45, 2.75) is 52.1 Å². The molecule has 0 radical (unpaired) electrons. The maximum atomic E-state index is 12.7. The van der Waals surface area contributed by atoms with Crippen LogP contribution in [0.25, 0.3) is 11.3 Å². The number of carbonyl (C=O) groups is 1. The van der Waals surface area contributed by atoms with Crippen LogP contribution in [0.15, 0.2) is 29.8 Å². The van der Waals surface area contributed by atoms with Gasteiger partial charge in [0.1, 0.15) is 11.9 Å². The Bertz CT molecular complexity index is 1120. The number of aromatic nitrogens is 2. The molecule has 1 aliphatic carbocycles. The second-order valence-electron chi connectivity index (χ2n) is 8.18. The van der Waals surface area contributed by atoms with Gasteiger partial charge in [0, 0.05) is 28.4 Å². The van der Waals surface area contributed by atoms with Crippen molar-refractivity contribution in [2.75, 3.05) is 6.54 Å². The molecule has 30 heavy (non-hydrogen) atoms. The number of hydrogen-bond acceptors (Lipinski definition) is 5. The Balaban J connectivity index is 1.26. The first kappa shape index (κ1) is 19.2. The predicted molar refractivity (Wildman–Crippen MR) is 118 cm³/mol. The molecule has 2 aromatic heterocycles. The van der Waals surface area contributed by atoms with Crippen LogP contribution in [0.3, 0.4) is 0 Å². The molecule has 0 spiro atoms. The summed E-state index contributed by atoms with van der Waals surface area (Å²) in [4.78, 5) is 23.2. The normalized spacial score (nSPS) is 17.2. The summed E-state index contributed by atoms with van der Waals surface area (Å²) in [5.41, 5.74) is 7.07. The highest BCUT2D eigenvalue weighted by Crippen LogP contribution is 2.33. The first-order valence-corrected chi connectivity index (χ1v) is 11.4. The fourth-order valence-electron chi connectivity index (χ4n) is 4.38. The number of carbonyl (C=O) groups excluding carboxylic acids is 1. The summed E-state index contributed by atoms with van der Waals surface area (Å²) >= 11 is 1.73. The summed E-state index contributed by atoms with van der Waals surface area (Å²) in [6.07, 6.45) is 7.08. The molecule has 6 heteroatoms. The smallest absolute Gasteiger partial charge is 0.252 e. The lowest BCUT2D eigenvalue weighted by molar-refractivity contribution is 0.0933. The van der Waals surface area contributed by atoms with E-state index < -0.39 is 0 Å². The minimum absolute atomic E-state index is 0.0281. The molecule has 0 unspecified atom stereocenters. The Morgan fingerprint density at radius 1 is 1.27 bits per heavy atom. The second-order valence-corrected chi connectivity index (χ2v) is 9.14. The van der Waals surface area contributed by atoms with Crippen molar-refractivity contribution in [3.8, 4) is 17.0 Å². The molecule has 1 amide bonds. The lowest BCUT2D eigenvalue weighted by Gasteiger charge is -2.14.